The summed E-state index contributed by atoms with van der Waals surface area (Å²) in [6.45, 7) is 0. The van der Waals surface area contributed by atoms with E-state index in [4.69, 9.17) is 16.0 Å². The molecule has 0 amide bonds. The highest BCUT2D eigenvalue weighted by molar-refractivity contribution is 6.31. The quantitative estimate of drug-likeness (QED) is 0.685. The minimum atomic E-state index is -0.717. The van der Waals surface area contributed by atoms with E-state index in [0.717, 1.165) is 4.57 Å². The molecule has 0 aliphatic rings. The molecule has 94 valence electrons. The maximum atomic E-state index is 12.3. The molecule has 0 aliphatic heterocycles. The van der Waals surface area contributed by atoms with Crippen LogP contribution in [0.25, 0.3) is 11.1 Å². The van der Waals surface area contributed by atoms with E-state index < -0.39 is 11.7 Å². The Labute approximate surface area is 112 Å². The normalized spacial score (nSPS) is 10.8. The third kappa shape index (κ3) is 1.96. The molecule has 4 nitrogen and oxygen atoms in total. The molecule has 0 saturated carbocycles. The van der Waals surface area contributed by atoms with Crippen LogP contribution in [0.4, 0.5) is 0 Å². The molecule has 0 N–H and O–H groups in total. The molecule has 0 spiro atoms. The van der Waals surface area contributed by atoms with E-state index in [1.165, 1.54) is 6.07 Å². The summed E-state index contributed by atoms with van der Waals surface area (Å²) >= 11 is 5.82. The van der Waals surface area contributed by atoms with Crippen molar-refractivity contribution in [2.75, 3.05) is 0 Å². The maximum absolute atomic E-state index is 12.3. The molecule has 1 heterocycles. The molecular weight excluding hydrogens is 266 g/mol. The molecular formula is C14H8ClNO3. The largest absolute Gasteiger partial charge is 0.427 e. The molecule has 0 unspecified atom stereocenters. The van der Waals surface area contributed by atoms with Gasteiger partial charge in [0.1, 0.15) is 0 Å². The number of nitrogens with zero attached hydrogens (tertiary/aromatic N) is 1. The fourth-order valence-corrected chi connectivity index (χ4v) is 2.06. The average molecular weight is 274 g/mol. The zero-order valence-electron chi connectivity index (χ0n) is 9.67. The lowest BCUT2D eigenvalue weighted by atomic mass is 10.2. The SMILES string of the molecule is O=C(c1ccccc1)n1c(=O)oc2cc(Cl)ccc21. The zero-order chi connectivity index (χ0) is 13.4. The van der Waals surface area contributed by atoms with Crippen LogP contribution in [0.2, 0.25) is 5.02 Å². The van der Waals surface area contributed by atoms with Crippen LogP contribution in [0, 0.1) is 0 Å². The number of hydrogen-bond donors (Lipinski definition) is 0. The Balaban J connectivity index is 2.23. The Morgan fingerprint density at radius 2 is 1.84 bits per heavy atom. The van der Waals surface area contributed by atoms with Gasteiger partial charge in [-0.1, -0.05) is 29.8 Å². The van der Waals surface area contributed by atoms with Gasteiger partial charge in [-0.25, -0.2) is 9.36 Å². The molecule has 19 heavy (non-hydrogen) atoms. The van der Waals surface area contributed by atoms with Crippen molar-refractivity contribution < 1.29 is 9.21 Å². The van der Waals surface area contributed by atoms with Crippen LogP contribution in [0.3, 0.4) is 0 Å². The van der Waals surface area contributed by atoms with Crippen LogP contribution in [0.1, 0.15) is 10.4 Å². The summed E-state index contributed by atoms with van der Waals surface area (Å²) in [5.41, 5.74) is 1.12. The Morgan fingerprint density at radius 1 is 1.11 bits per heavy atom. The number of rotatable bonds is 1. The molecule has 0 radical (unpaired) electrons. The highest BCUT2D eigenvalue weighted by Gasteiger charge is 2.17. The van der Waals surface area contributed by atoms with Crippen molar-refractivity contribution in [3.8, 4) is 0 Å². The van der Waals surface area contributed by atoms with Crippen LogP contribution < -0.4 is 5.76 Å². The van der Waals surface area contributed by atoms with Gasteiger partial charge in [-0.05, 0) is 24.3 Å². The highest BCUT2D eigenvalue weighted by Crippen LogP contribution is 2.19. The second kappa shape index (κ2) is 4.40. The molecule has 0 aliphatic carbocycles. The number of benzene rings is 2. The minimum absolute atomic E-state index is 0.293. The molecule has 3 aromatic rings. The van der Waals surface area contributed by atoms with E-state index >= 15 is 0 Å². The number of carbonyl (C=O) groups excluding carboxylic acids is 1. The molecule has 0 saturated heterocycles. The first-order chi connectivity index (χ1) is 9.16. The first-order valence-corrected chi connectivity index (χ1v) is 5.95. The van der Waals surface area contributed by atoms with Crippen molar-refractivity contribution in [1.29, 1.82) is 0 Å². The van der Waals surface area contributed by atoms with Gasteiger partial charge in [0.05, 0.1) is 5.52 Å². The van der Waals surface area contributed by atoms with Crippen molar-refractivity contribution in [2.24, 2.45) is 0 Å². The summed E-state index contributed by atoms with van der Waals surface area (Å²) in [6.07, 6.45) is 0. The van der Waals surface area contributed by atoms with Crippen molar-refractivity contribution in [3.05, 3.63) is 69.7 Å². The van der Waals surface area contributed by atoms with Crippen LogP contribution in [-0.2, 0) is 0 Å². The van der Waals surface area contributed by atoms with Crippen LogP contribution in [0.5, 0.6) is 0 Å². The molecule has 0 fully saturated rings. The molecule has 1 aromatic heterocycles. The standard InChI is InChI=1S/C14H8ClNO3/c15-10-6-7-11-12(8-10)19-14(18)16(11)13(17)9-4-2-1-3-5-9/h1-8H. The fourth-order valence-electron chi connectivity index (χ4n) is 1.89. The summed E-state index contributed by atoms with van der Waals surface area (Å²) in [5.74, 6) is -1.14. The summed E-state index contributed by atoms with van der Waals surface area (Å²) in [6, 6.07) is 13.2. The van der Waals surface area contributed by atoms with Gasteiger partial charge in [0.2, 0.25) is 0 Å². The van der Waals surface area contributed by atoms with Gasteiger partial charge in [-0.15, -0.1) is 0 Å². The minimum Gasteiger partial charge on any atom is -0.407 e. The smallest absolute Gasteiger partial charge is 0.407 e. The lowest BCUT2D eigenvalue weighted by molar-refractivity contribution is 0.0956. The Morgan fingerprint density at radius 3 is 2.58 bits per heavy atom. The first-order valence-electron chi connectivity index (χ1n) is 5.58. The van der Waals surface area contributed by atoms with Crippen molar-refractivity contribution in [2.45, 2.75) is 0 Å². The van der Waals surface area contributed by atoms with Gasteiger partial charge in [-0.2, -0.15) is 0 Å². The monoisotopic (exact) mass is 273 g/mol. The summed E-state index contributed by atoms with van der Waals surface area (Å²) < 4.78 is 6.03. The van der Waals surface area contributed by atoms with Crippen LogP contribution in [-0.4, -0.2) is 10.5 Å². The van der Waals surface area contributed by atoms with Crippen LogP contribution in [0.15, 0.2) is 57.7 Å². The third-order valence-corrected chi connectivity index (χ3v) is 3.00. The lowest BCUT2D eigenvalue weighted by Crippen LogP contribution is -2.23. The number of aromatic nitrogens is 1. The third-order valence-electron chi connectivity index (χ3n) is 2.77. The summed E-state index contributed by atoms with van der Waals surface area (Å²) in [7, 11) is 0. The van der Waals surface area contributed by atoms with E-state index in [2.05, 4.69) is 0 Å². The molecule has 0 bridgehead atoms. The van der Waals surface area contributed by atoms with Crippen molar-refractivity contribution >= 4 is 28.6 Å². The van der Waals surface area contributed by atoms with Gasteiger partial charge >= 0.3 is 5.76 Å². The molecule has 5 heteroatoms. The van der Waals surface area contributed by atoms with Crippen molar-refractivity contribution in [1.82, 2.24) is 4.57 Å². The van der Waals surface area contributed by atoms with Gasteiger partial charge in [0.25, 0.3) is 5.91 Å². The second-order valence-electron chi connectivity index (χ2n) is 3.99. The predicted octanol–water partition coefficient (Wildman–Crippen LogP) is 2.94. The van der Waals surface area contributed by atoms with E-state index in [9.17, 15) is 9.59 Å². The second-order valence-corrected chi connectivity index (χ2v) is 4.42. The average Bonchev–Trinajstić information content (AvgIpc) is 2.74. The van der Waals surface area contributed by atoms with E-state index in [1.807, 2.05) is 0 Å². The fraction of sp³-hybridized carbons (Fsp3) is 0. The number of carbonyl (C=O) groups is 1. The Kier molecular flexibility index (Phi) is 2.72. The van der Waals surface area contributed by atoms with Gasteiger partial charge in [-0.3, -0.25) is 4.79 Å². The number of oxazole rings is 1. The molecule has 2 aromatic carbocycles. The van der Waals surface area contributed by atoms with Crippen molar-refractivity contribution in [3.63, 3.8) is 0 Å². The van der Waals surface area contributed by atoms with E-state index in [0.29, 0.717) is 21.7 Å². The lowest BCUT2D eigenvalue weighted by Gasteiger charge is -2.00. The van der Waals surface area contributed by atoms with Gasteiger partial charge in [0, 0.05) is 16.7 Å². The number of fused-ring (bicyclic) bond motifs is 1. The molecule has 0 atom stereocenters. The summed E-state index contributed by atoms with van der Waals surface area (Å²) in [4.78, 5) is 24.1. The van der Waals surface area contributed by atoms with Crippen LogP contribution >= 0.6 is 11.6 Å². The topological polar surface area (TPSA) is 52.2 Å². The predicted molar refractivity (Wildman–Crippen MR) is 71.7 cm³/mol. The van der Waals surface area contributed by atoms with E-state index in [-0.39, 0.29) is 0 Å². The highest BCUT2D eigenvalue weighted by atomic mass is 35.5. The maximum Gasteiger partial charge on any atom is 0.427 e. The number of hydrogen-bond acceptors (Lipinski definition) is 3. The molecule has 3 rings (SSSR count). The van der Waals surface area contributed by atoms with Gasteiger partial charge in [0.15, 0.2) is 5.58 Å². The Hall–Kier alpha value is -2.33. The van der Waals surface area contributed by atoms with Gasteiger partial charge < -0.3 is 4.42 Å². The summed E-state index contributed by atoms with van der Waals surface area (Å²) in [5, 5.41) is 0.445. The first kappa shape index (κ1) is 11.7. The zero-order valence-corrected chi connectivity index (χ0v) is 10.4. The Bertz CT molecular complexity index is 818. The number of halogens is 1. The van der Waals surface area contributed by atoms with E-state index in [1.54, 1.807) is 42.5 Å².